The van der Waals surface area contributed by atoms with E-state index in [9.17, 15) is 0 Å². The second kappa shape index (κ2) is 8.93. The van der Waals surface area contributed by atoms with Crippen molar-refractivity contribution < 1.29 is 0 Å². The summed E-state index contributed by atoms with van der Waals surface area (Å²) >= 11 is 1.72. The van der Waals surface area contributed by atoms with Crippen LogP contribution in [0, 0.1) is 0 Å². The first-order valence-corrected chi connectivity index (χ1v) is 8.81. The normalized spacial score (nSPS) is 12.3. The van der Waals surface area contributed by atoms with Gasteiger partial charge in [0.25, 0.3) is 0 Å². The van der Waals surface area contributed by atoms with Crippen molar-refractivity contribution in [3.63, 3.8) is 0 Å². The van der Waals surface area contributed by atoms with E-state index in [1.165, 1.54) is 5.01 Å². The molecular formula is C17H30N4S. The Balaban J connectivity index is 2.68. The molecule has 0 aliphatic rings. The van der Waals surface area contributed by atoms with E-state index < -0.39 is 0 Å². The number of aliphatic imine (C=N–C) groups is 1. The topological polar surface area (TPSA) is 40.5 Å². The van der Waals surface area contributed by atoms with Crippen LogP contribution in [0.5, 0.6) is 0 Å². The molecule has 4 nitrogen and oxygen atoms in total. The average molecular weight is 323 g/mol. The molecule has 0 bridgehead atoms. The van der Waals surface area contributed by atoms with Crippen molar-refractivity contribution in [3.05, 3.63) is 28.7 Å². The van der Waals surface area contributed by atoms with E-state index in [0.29, 0.717) is 6.54 Å². The zero-order chi connectivity index (χ0) is 16.6. The van der Waals surface area contributed by atoms with E-state index in [2.05, 4.69) is 56.9 Å². The van der Waals surface area contributed by atoms with Crippen molar-refractivity contribution in [3.8, 4) is 0 Å². The van der Waals surface area contributed by atoms with Crippen LogP contribution in [0.2, 0.25) is 0 Å². The number of thiazole rings is 1. The molecule has 0 unspecified atom stereocenters. The monoisotopic (exact) mass is 322 g/mol. The van der Waals surface area contributed by atoms with E-state index in [1.54, 1.807) is 11.3 Å². The maximum Gasteiger partial charge on any atom is 0.194 e. The van der Waals surface area contributed by atoms with Crippen molar-refractivity contribution >= 4 is 17.3 Å². The van der Waals surface area contributed by atoms with Crippen LogP contribution in [-0.2, 0) is 12.0 Å². The Morgan fingerprint density at radius 1 is 1.50 bits per heavy atom. The first kappa shape index (κ1) is 18.7. The van der Waals surface area contributed by atoms with Crippen molar-refractivity contribution in [1.29, 1.82) is 0 Å². The van der Waals surface area contributed by atoms with Crippen molar-refractivity contribution in [2.45, 2.75) is 52.5 Å². The molecule has 0 aromatic carbocycles. The third-order valence-electron chi connectivity index (χ3n) is 3.18. The van der Waals surface area contributed by atoms with Gasteiger partial charge in [0.2, 0.25) is 0 Å². The number of unbranched alkanes of at least 4 members (excludes halogenated alkanes) is 1. The highest BCUT2D eigenvalue weighted by Gasteiger charge is 2.17. The highest BCUT2D eigenvalue weighted by atomic mass is 32.1. The second-order valence-electron chi connectivity index (χ2n) is 6.42. The molecule has 0 aliphatic carbocycles. The number of nitrogens with zero attached hydrogens (tertiary/aromatic N) is 3. The minimum atomic E-state index is 0.110. The van der Waals surface area contributed by atoms with Gasteiger partial charge < -0.3 is 10.2 Å². The Hall–Kier alpha value is -1.36. The summed E-state index contributed by atoms with van der Waals surface area (Å²) < 4.78 is 0. The van der Waals surface area contributed by atoms with Gasteiger partial charge in [-0.3, -0.25) is 0 Å². The lowest BCUT2D eigenvalue weighted by Crippen LogP contribution is -2.39. The van der Waals surface area contributed by atoms with Crippen LogP contribution in [-0.4, -0.2) is 36.0 Å². The van der Waals surface area contributed by atoms with Crippen LogP contribution >= 0.6 is 11.3 Å². The quantitative estimate of drug-likeness (QED) is 0.359. The highest BCUT2D eigenvalue weighted by Crippen LogP contribution is 2.25. The first-order valence-electron chi connectivity index (χ1n) is 7.93. The summed E-state index contributed by atoms with van der Waals surface area (Å²) in [5.74, 6) is 0.942. The smallest absolute Gasteiger partial charge is 0.194 e. The maximum absolute atomic E-state index is 4.71. The SMILES string of the molecule is C=CCCCN(C)C(=NCc1csc(C(C)(C)C)n1)NCC. The fourth-order valence-electron chi connectivity index (χ4n) is 1.93. The third-order valence-corrected chi connectivity index (χ3v) is 4.50. The summed E-state index contributed by atoms with van der Waals surface area (Å²) in [7, 11) is 2.08. The van der Waals surface area contributed by atoms with E-state index in [4.69, 9.17) is 9.98 Å². The standard InChI is InChI=1S/C17H30N4S/c1-7-9-10-11-21(6)16(18-8-2)19-12-14-13-22-15(20-14)17(3,4)5/h7,13H,1,8-12H2,2-6H3,(H,18,19). The van der Waals surface area contributed by atoms with Gasteiger partial charge in [-0.1, -0.05) is 26.8 Å². The van der Waals surface area contributed by atoms with Gasteiger partial charge in [0.15, 0.2) is 5.96 Å². The van der Waals surface area contributed by atoms with Crippen LogP contribution in [0.4, 0.5) is 0 Å². The Morgan fingerprint density at radius 3 is 2.77 bits per heavy atom. The number of hydrogen-bond acceptors (Lipinski definition) is 3. The molecule has 22 heavy (non-hydrogen) atoms. The molecule has 124 valence electrons. The van der Waals surface area contributed by atoms with Gasteiger partial charge in [-0.2, -0.15) is 0 Å². The van der Waals surface area contributed by atoms with E-state index in [-0.39, 0.29) is 5.41 Å². The second-order valence-corrected chi connectivity index (χ2v) is 7.27. The Labute approximate surface area is 139 Å². The molecule has 0 saturated heterocycles. The zero-order valence-electron chi connectivity index (χ0n) is 14.6. The molecular weight excluding hydrogens is 292 g/mol. The molecule has 0 saturated carbocycles. The van der Waals surface area contributed by atoms with Gasteiger partial charge in [0, 0.05) is 30.9 Å². The number of aromatic nitrogens is 1. The molecule has 1 heterocycles. The van der Waals surface area contributed by atoms with Crippen LogP contribution < -0.4 is 5.32 Å². The minimum Gasteiger partial charge on any atom is -0.357 e. The predicted octanol–water partition coefficient (Wildman–Crippen LogP) is 3.80. The molecule has 1 N–H and O–H groups in total. The highest BCUT2D eigenvalue weighted by molar-refractivity contribution is 7.09. The van der Waals surface area contributed by atoms with Crippen LogP contribution in [0.1, 0.15) is 51.2 Å². The lowest BCUT2D eigenvalue weighted by Gasteiger charge is -2.21. The molecule has 0 fully saturated rings. The largest absolute Gasteiger partial charge is 0.357 e. The van der Waals surface area contributed by atoms with Gasteiger partial charge in [0.05, 0.1) is 17.2 Å². The fourth-order valence-corrected chi connectivity index (χ4v) is 2.83. The van der Waals surface area contributed by atoms with Crippen LogP contribution in [0.3, 0.4) is 0 Å². The Kier molecular flexibility index (Phi) is 7.59. The average Bonchev–Trinajstić information content (AvgIpc) is 2.92. The van der Waals surface area contributed by atoms with Crippen molar-refractivity contribution in [2.24, 2.45) is 4.99 Å². The van der Waals surface area contributed by atoms with Crippen LogP contribution in [0.25, 0.3) is 0 Å². The summed E-state index contributed by atoms with van der Waals surface area (Å²) in [5.41, 5.74) is 1.16. The summed E-state index contributed by atoms with van der Waals surface area (Å²) in [6, 6.07) is 0. The van der Waals surface area contributed by atoms with Crippen LogP contribution in [0.15, 0.2) is 23.0 Å². The lowest BCUT2D eigenvalue weighted by atomic mass is 9.98. The number of rotatable bonds is 7. The summed E-state index contributed by atoms with van der Waals surface area (Å²) in [6.07, 6.45) is 4.08. The Morgan fingerprint density at radius 2 is 2.23 bits per heavy atom. The maximum atomic E-state index is 4.71. The molecule has 0 spiro atoms. The van der Waals surface area contributed by atoms with E-state index in [1.807, 2.05) is 6.08 Å². The molecule has 1 rings (SSSR count). The first-order chi connectivity index (χ1) is 10.4. The number of nitrogens with one attached hydrogen (secondary N) is 1. The summed E-state index contributed by atoms with van der Waals surface area (Å²) in [6.45, 7) is 14.9. The number of guanidine groups is 1. The molecule has 0 radical (unpaired) electrons. The molecule has 0 amide bonds. The third kappa shape index (κ3) is 6.18. The molecule has 1 aromatic rings. The molecule has 5 heteroatoms. The Bertz CT molecular complexity index is 485. The van der Waals surface area contributed by atoms with Crippen molar-refractivity contribution in [1.82, 2.24) is 15.2 Å². The molecule has 0 atom stereocenters. The number of allylic oxidation sites excluding steroid dienone is 1. The fraction of sp³-hybridized carbons (Fsp3) is 0.647. The number of hydrogen-bond donors (Lipinski definition) is 1. The van der Waals surface area contributed by atoms with Crippen molar-refractivity contribution in [2.75, 3.05) is 20.1 Å². The molecule has 0 aliphatic heterocycles. The van der Waals surface area contributed by atoms with Gasteiger partial charge in [0.1, 0.15) is 0 Å². The summed E-state index contributed by atoms with van der Waals surface area (Å²) in [4.78, 5) is 11.6. The summed E-state index contributed by atoms with van der Waals surface area (Å²) in [5, 5.41) is 6.63. The predicted molar refractivity (Wildman–Crippen MR) is 97.7 cm³/mol. The van der Waals surface area contributed by atoms with Gasteiger partial charge >= 0.3 is 0 Å². The van der Waals surface area contributed by atoms with Gasteiger partial charge in [-0.25, -0.2) is 9.98 Å². The lowest BCUT2D eigenvalue weighted by molar-refractivity contribution is 0.470. The minimum absolute atomic E-state index is 0.110. The zero-order valence-corrected chi connectivity index (χ0v) is 15.5. The van der Waals surface area contributed by atoms with E-state index in [0.717, 1.165) is 37.6 Å². The van der Waals surface area contributed by atoms with Gasteiger partial charge in [-0.05, 0) is 19.8 Å². The van der Waals surface area contributed by atoms with Gasteiger partial charge in [-0.15, -0.1) is 17.9 Å². The van der Waals surface area contributed by atoms with E-state index >= 15 is 0 Å². The molecule has 1 aromatic heterocycles.